The van der Waals surface area contributed by atoms with Gasteiger partial charge in [-0.3, -0.25) is 0 Å². The number of para-hydroxylation sites is 6. The fourth-order valence-corrected chi connectivity index (χ4v) is 20.3. The van der Waals surface area contributed by atoms with Crippen LogP contribution in [-0.2, 0) is 9.31 Å². The first kappa shape index (κ1) is 74.5. The van der Waals surface area contributed by atoms with Crippen LogP contribution in [0.3, 0.4) is 0 Å². The lowest BCUT2D eigenvalue weighted by atomic mass is 9.78. The number of fused-ring (bicyclic) bond motifs is 20. The van der Waals surface area contributed by atoms with E-state index in [2.05, 4.69) is 319 Å². The monoisotopic (exact) mass is 1650 g/mol. The number of aromatic nitrogens is 8. The molecule has 590 valence electrons. The summed E-state index contributed by atoms with van der Waals surface area (Å²) >= 11 is 9.68. The highest BCUT2D eigenvalue weighted by molar-refractivity contribution is 7.27. The molecule has 8 aromatic heterocycles. The number of rotatable bonds is 10. The molecule has 124 heavy (non-hydrogen) atoms. The molecule has 0 atom stereocenters. The van der Waals surface area contributed by atoms with E-state index in [1.165, 1.54) is 42.0 Å². The van der Waals surface area contributed by atoms with Gasteiger partial charge in [0.2, 0.25) is 5.28 Å². The Kier molecular flexibility index (Phi) is 18.0. The minimum atomic E-state index is -0.496. The summed E-state index contributed by atoms with van der Waals surface area (Å²) in [6.07, 6.45) is 0. The van der Waals surface area contributed by atoms with Crippen LogP contribution in [0.15, 0.2) is 373 Å². The van der Waals surface area contributed by atoms with Crippen LogP contribution in [0.5, 0.6) is 0 Å². The lowest BCUT2D eigenvalue weighted by Crippen LogP contribution is -2.41. The van der Waals surface area contributed by atoms with E-state index in [1.807, 2.05) is 97.1 Å². The van der Waals surface area contributed by atoms with Crippen molar-refractivity contribution >= 4 is 175 Å². The van der Waals surface area contributed by atoms with E-state index >= 15 is 0 Å². The van der Waals surface area contributed by atoms with Gasteiger partial charge in [-0.25, -0.2) is 19.9 Å². The highest BCUT2D eigenvalue weighted by atomic mass is 35.5. The summed E-state index contributed by atoms with van der Waals surface area (Å²) in [6, 6.07) is 126. The van der Waals surface area contributed by atoms with Crippen LogP contribution >= 0.6 is 34.3 Å². The van der Waals surface area contributed by atoms with Crippen molar-refractivity contribution in [2.45, 2.75) is 38.9 Å². The van der Waals surface area contributed by atoms with Gasteiger partial charge in [0.15, 0.2) is 29.1 Å². The summed E-state index contributed by atoms with van der Waals surface area (Å²) < 4.78 is 36.0. The molecule has 12 nitrogen and oxygen atoms in total. The number of benzene rings is 16. The molecule has 25 rings (SSSR count). The summed E-state index contributed by atoms with van der Waals surface area (Å²) in [5.74, 6) is 2.99. The third-order valence-electron chi connectivity index (χ3n) is 24.3. The minimum Gasteiger partial charge on any atom is -0.455 e. The lowest BCUT2D eigenvalue weighted by Gasteiger charge is -2.32. The Morgan fingerprint density at radius 2 is 0.621 bits per heavy atom. The minimum absolute atomic E-state index is 0.189. The average molecular weight is 1660 g/mol. The Bertz CT molecular complexity index is 8250. The molecule has 0 spiro atoms. The Labute approximate surface area is 725 Å². The van der Waals surface area contributed by atoms with Crippen LogP contribution in [0, 0.1) is 0 Å². The van der Waals surface area contributed by atoms with E-state index < -0.39 is 18.3 Å². The van der Waals surface area contributed by atoms with Gasteiger partial charge in [0, 0.05) is 128 Å². The molecule has 0 saturated carbocycles. The molecule has 0 radical (unpaired) electrons. The maximum absolute atomic E-state index is 6.71. The van der Waals surface area contributed by atoms with Crippen molar-refractivity contribution in [1.29, 1.82) is 0 Å². The average Bonchev–Trinajstić information content (AvgIpc) is 1.56. The van der Waals surface area contributed by atoms with Crippen LogP contribution in [0.2, 0.25) is 5.28 Å². The van der Waals surface area contributed by atoms with Crippen LogP contribution in [0.1, 0.15) is 27.7 Å². The smallest absolute Gasteiger partial charge is 0.455 e. The van der Waals surface area contributed by atoms with Crippen molar-refractivity contribution in [2.75, 3.05) is 0 Å². The molecule has 0 bridgehead atoms. The molecule has 0 unspecified atom stereocenters. The second-order valence-corrected chi connectivity index (χ2v) is 34.8. The Balaban J connectivity index is 0.000000116. The number of hydrogen-bond donors (Lipinski definition) is 0. The van der Waals surface area contributed by atoms with E-state index in [-0.39, 0.29) is 5.28 Å². The standard InChI is InChI=1S/C51H30N4OS.C36H28BNO3S.C21H14ClN3/c1-3-14-31(15-4-1)33-18-13-19-34(28-33)50-52-49(32-16-5-2-6-17-32)53-51(54-50)41-30-35(55-42-23-10-7-20-36(42)37-21-8-11-24-43(37)55)29-40-46-45(57-48(40)41)27-26-39-38-22-9-12-25-44(38)56-47(39)46;1-35(2)36(3,4)41-37(40-35)27-20-21(38-28-14-8-5-11-22(28)23-12-6-9-15-29(23)38)19-26-32-31(42-34(26)27)18-17-25-24-13-7-10-16-30(24)39-33(25)32;22-21-24-19(16-10-5-2-6-11-16)23-20(25-21)18-13-7-12-17(14-18)15-8-3-1-4-9-15/h1-30H;5-20H,1-4H3;1-14H. The molecule has 0 aliphatic carbocycles. The maximum atomic E-state index is 6.71. The van der Waals surface area contributed by atoms with Crippen molar-refractivity contribution in [3.63, 3.8) is 0 Å². The normalized spacial score (nSPS) is 13.2. The number of halogens is 1. The van der Waals surface area contributed by atoms with Gasteiger partial charge in [-0.15, -0.1) is 22.7 Å². The van der Waals surface area contributed by atoms with Crippen molar-refractivity contribution in [3.8, 4) is 90.6 Å². The van der Waals surface area contributed by atoms with Gasteiger partial charge >= 0.3 is 7.12 Å². The Morgan fingerprint density at radius 1 is 0.282 bits per heavy atom. The molecule has 9 heterocycles. The molecule has 0 amide bonds. The highest BCUT2D eigenvalue weighted by Crippen LogP contribution is 2.49. The van der Waals surface area contributed by atoms with Crippen LogP contribution in [-0.4, -0.2) is 57.4 Å². The van der Waals surface area contributed by atoms with Gasteiger partial charge in [-0.1, -0.05) is 267 Å². The summed E-state index contributed by atoms with van der Waals surface area (Å²) in [5.41, 5.74) is 19.6. The second kappa shape index (κ2) is 30.0. The largest absolute Gasteiger partial charge is 0.496 e. The van der Waals surface area contributed by atoms with E-state index in [9.17, 15) is 0 Å². The van der Waals surface area contributed by atoms with Crippen molar-refractivity contribution in [3.05, 3.63) is 369 Å². The zero-order chi connectivity index (χ0) is 82.9. The van der Waals surface area contributed by atoms with Crippen LogP contribution < -0.4 is 5.46 Å². The molecular weight excluding hydrogens is 1580 g/mol. The lowest BCUT2D eigenvalue weighted by molar-refractivity contribution is 0.00578. The van der Waals surface area contributed by atoms with Gasteiger partial charge < -0.3 is 27.3 Å². The summed E-state index contributed by atoms with van der Waals surface area (Å²) in [5, 5.41) is 14.1. The molecule has 1 fully saturated rings. The molecule has 1 aliphatic heterocycles. The quantitative estimate of drug-likeness (QED) is 0.122. The molecular formula is C108H72BClN8O4S2. The molecule has 1 aliphatic rings. The molecule has 0 N–H and O–H groups in total. The SMILES string of the molecule is CC1(C)OB(c2cc(-n3c4ccccc4c4ccccc43)cc3c2sc2ccc4c5ccccc5oc4c23)OC1(C)C.Clc1nc(-c2ccccc2)nc(-c2cccc(-c3ccccc3)c2)n1.c1ccc(-c2cccc(-c3nc(-c4ccccc4)nc(-c4cc(-n5c6ccccc6c6ccccc65)cc5c4sc4ccc6c7ccccc7oc6c45)n3)c2)cc1. The number of nitrogens with zero attached hydrogens (tertiary/aromatic N) is 8. The van der Waals surface area contributed by atoms with E-state index in [1.54, 1.807) is 22.7 Å². The van der Waals surface area contributed by atoms with Crippen molar-refractivity contribution in [1.82, 2.24) is 39.0 Å². The van der Waals surface area contributed by atoms with E-state index in [4.69, 9.17) is 44.7 Å². The van der Waals surface area contributed by atoms with Gasteiger partial charge in [0.25, 0.3) is 0 Å². The molecule has 1 saturated heterocycles. The van der Waals surface area contributed by atoms with Crippen molar-refractivity contribution in [2.24, 2.45) is 0 Å². The number of hydrogen-bond acceptors (Lipinski definition) is 12. The zero-order valence-corrected chi connectivity index (χ0v) is 70.0. The van der Waals surface area contributed by atoms with Gasteiger partial charge in [0.1, 0.15) is 22.3 Å². The predicted octanol–water partition coefficient (Wildman–Crippen LogP) is 28.8. The summed E-state index contributed by atoms with van der Waals surface area (Å²) in [6.45, 7) is 8.46. The molecule has 24 aromatic rings. The zero-order valence-electron chi connectivity index (χ0n) is 67.6. The van der Waals surface area contributed by atoms with Crippen molar-refractivity contribution < 1.29 is 18.1 Å². The number of thiophene rings is 2. The van der Waals surface area contributed by atoms with E-state index in [0.717, 1.165) is 153 Å². The third-order valence-corrected chi connectivity index (χ3v) is 26.9. The summed E-state index contributed by atoms with van der Waals surface area (Å²) in [4.78, 5) is 28.9. The van der Waals surface area contributed by atoms with Gasteiger partial charge in [-0.05, 0) is 159 Å². The Hall–Kier alpha value is -14.5. The Morgan fingerprint density at radius 3 is 1.07 bits per heavy atom. The molecule has 16 aromatic carbocycles. The first-order valence-electron chi connectivity index (χ1n) is 41.4. The van der Waals surface area contributed by atoms with Gasteiger partial charge in [-0.2, -0.15) is 9.97 Å². The first-order valence-corrected chi connectivity index (χ1v) is 43.4. The second-order valence-electron chi connectivity index (χ2n) is 32.3. The van der Waals surface area contributed by atoms with Gasteiger partial charge in [0.05, 0.1) is 33.3 Å². The fourth-order valence-electron chi connectivity index (χ4n) is 17.7. The fraction of sp³-hybridized carbons (Fsp3) is 0.0556. The third kappa shape index (κ3) is 12.8. The molecule has 16 heteroatoms. The van der Waals surface area contributed by atoms with Crippen LogP contribution in [0.4, 0.5) is 0 Å². The predicted molar refractivity (Wildman–Crippen MR) is 514 cm³/mol. The number of furan rings is 2. The summed E-state index contributed by atoms with van der Waals surface area (Å²) in [7, 11) is -0.496. The first-order chi connectivity index (χ1) is 60.8. The highest BCUT2D eigenvalue weighted by Gasteiger charge is 2.52. The van der Waals surface area contributed by atoms with Crippen LogP contribution in [0.25, 0.3) is 218 Å². The van der Waals surface area contributed by atoms with E-state index in [0.29, 0.717) is 29.1 Å². The topological polar surface area (TPSA) is 132 Å². The maximum Gasteiger partial charge on any atom is 0.496 e.